The number of anilines is 1. The summed E-state index contributed by atoms with van der Waals surface area (Å²) >= 11 is 0. The van der Waals surface area contributed by atoms with Crippen LogP contribution < -0.4 is 10.5 Å². The van der Waals surface area contributed by atoms with Crippen molar-refractivity contribution in [1.82, 2.24) is 14.5 Å². The van der Waals surface area contributed by atoms with Gasteiger partial charge in [0.2, 0.25) is 0 Å². The van der Waals surface area contributed by atoms with E-state index in [1.54, 1.807) is 0 Å². The smallest absolute Gasteiger partial charge is 0.310 e. The summed E-state index contributed by atoms with van der Waals surface area (Å²) in [6, 6.07) is 9.73. The zero-order valence-corrected chi connectivity index (χ0v) is 21.3. The first-order chi connectivity index (χ1) is 17.5. The Morgan fingerprint density at radius 1 is 1.00 bits per heavy atom. The van der Waals surface area contributed by atoms with Crippen molar-refractivity contribution in [1.29, 1.82) is 0 Å². The van der Waals surface area contributed by atoms with Crippen LogP contribution in [0.15, 0.2) is 41.2 Å². The van der Waals surface area contributed by atoms with Gasteiger partial charge in [-0.1, -0.05) is 51.5 Å². The number of para-hydroxylation sites is 2. The van der Waals surface area contributed by atoms with Crippen LogP contribution in [0, 0.1) is 11.8 Å². The molecule has 4 aliphatic rings. The number of aliphatic carboxylic acids is 1. The molecule has 3 saturated heterocycles. The third-order valence-electron chi connectivity index (χ3n) is 9.33. The normalized spacial score (nSPS) is 30.4. The van der Waals surface area contributed by atoms with Crippen molar-refractivity contribution < 1.29 is 9.90 Å². The van der Waals surface area contributed by atoms with Gasteiger partial charge in [-0.25, -0.2) is 4.98 Å². The van der Waals surface area contributed by atoms with Crippen molar-refractivity contribution in [3.05, 3.63) is 46.8 Å². The molecule has 4 unspecified atom stereocenters. The average molecular weight is 507 g/mol. The number of piperidine rings is 2. The standard InChI is InChI=1S/C29H38N4O3.CH4/c1-2-19-8-3-4-9-21(14-19)32-22-10-7-11-23(32)16-24(15-22)33-26-13-6-5-12-25(26)30-27(28(33)34)31-17-20(18-31)29(35)36;/h3-6,12-13,19-24H,2,7-11,14-18H2,1H3,(H,35,36);1H4. The molecule has 0 saturated carbocycles. The van der Waals surface area contributed by atoms with Crippen LogP contribution in [-0.2, 0) is 4.79 Å². The molecule has 1 aromatic carbocycles. The van der Waals surface area contributed by atoms with Gasteiger partial charge in [0, 0.05) is 37.3 Å². The first kappa shape index (κ1) is 26.0. The van der Waals surface area contributed by atoms with E-state index in [0.29, 0.717) is 37.0 Å². The highest BCUT2D eigenvalue weighted by atomic mass is 16.4. The molecule has 2 bridgehead atoms. The van der Waals surface area contributed by atoms with E-state index >= 15 is 0 Å². The molecule has 0 amide bonds. The number of benzene rings is 1. The van der Waals surface area contributed by atoms with Crippen molar-refractivity contribution >= 4 is 22.8 Å². The minimum Gasteiger partial charge on any atom is -0.481 e. The number of rotatable bonds is 5. The van der Waals surface area contributed by atoms with E-state index in [1.807, 2.05) is 33.7 Å². The molecular weight excluding hydrogens is 464 g/mol. The van der Waals surface area contributed by atoms with Crippen LogP contribution in [0.5, 0.6) is 0 Å². The Balaban J connectivity index is 0.00000280. The third-order valence-corrected chi connectivity index (χ3v) is 9.33. The van der Waals surface area contributed by atoms with Crippen LogP contribution in [0.4, 0.5) is 5.82 Å². The molecule has 3 aliphatic heterocycles. The van der Waals surface area contributed by atoms with E-state index in [2.05, 4.69) is 24.0 Å². The van der Waals surface area contributed by atoms with Gasteiger partial charge in [-0.05, 0) is 63.0 Å². The molecule has 4 heterocycles. The summed E-state index contributed by atoms with van der Waals surface area (Å²) in [5.74, 6) is -0.0355. The summed E-state index contributed by atoms with van der Waals surface area (Å²) in [6.07, 6.45) is 15.4. The van der Waals surface area contributed by atoms with Crippen molar-refractivity contribution in [3.8, 4) is 0 Å². The molecule has 2 aromatic rings. The van der Waals surface area contributed by atoms with E-state index in [0.717, 1.165) is 36.2 Å². The SMILES string of the molecule is C.CCC1CC=CCC(N2C3CCCC2CC(n2c(=O)c(N4CC(C(=O)O)C4)nc4ccccc42)C3)C1. The Labute approximate surface area is 220 Å². The van der Waals surface area contributed by atoms with Gasteiger partial charge in [0.05, 0.1) is 17.0 Å². The van der Waals surface area contributed by atoms with Crippen LogP contribution in [0.1, 0.15) is 78.2 Å². The van der Waals surface area contributed by atoms with Crippen molar-refractivity contribution in [2.24, 2.45) is 11.8 Å². The van der Waals surface area contributed by atoms with Gasteiger partial charge in [0.15, 0.2) is 5.82 Å². The largest absolute Gasteiger partial charge is 0.481 e. The molecule has 1 aliphatic carbocycles. The molecule has 4 atom stereocenters. The first-order valence-electron chi connectivity index (χ1n) is 13.9. The summed E-state index contributed by atoms with van der Waals surface area (Å²) in [6.45, 7) is 3.03. The molecule has 7 heteroatoms. The van der Waals surface area contributed by atoms with Gasteiger partial charge in [-0.2, -0.15) is 0 Å². The number of allylic oxidation sites excluding steroid dienone is 1. The quantitative estimate of drug-likeness (QED) is 0.559. The number of carbonyl (C=O) groups is 1. The predicted molar refractivity (Wildman–Crippen MR) is 148 cm³/mol. The minimum atomic E-state index is -0.800. The number of carboxylic acid groups (broad SMARTS) is 1. The fourth-order valence-corrected chi connectivity index (χ4v) is 7.41. The van der Waals surface area contributed by atoms with Crippen LogP contribution >= 0.6 is 0 Å². The summed E-state index contributed by atoms with van der Waals surface area (Å²) in [4.78, 5) is 34.7. The molecular formula is C30H42N4O3. The Morgan fingerprint density at radius 2 is 1.70 bits per heavy atom. The molecule has 200 valence electrons. The molecule has 0 spiro atoms. The Bertz CT molecular complexity index is 1200. The number of nitrogens with zero attached hydrogens (tertiary/aromatic N) is 4. The zero-order chi connectivity index (χ0) is 24.8. The Kier molecular flexibility index (Phi) is 7.44. The van der Waals surface area contributed by atoms with E-state index in [9.17, 15) is 14.7 Å². The lowest BCUT2D eigenvalue weighted by Crippen LogP contribution is -2.57. The van der Waals surface area contributed by atoms with E-state index in [1.165, 1.54) is 38.5 Å². The number of aromatic nitrogens is 2. The van der Waals surface area contributed by atoms with E-state index in [-0.39, 0.29) is 19.0 Å². The Hall–Kier alpha value is -2.67. The fraction of sp³-hybridized carbons (Fsp3) is 0.633. The molecule has 7 nitrogen and oxygen atoms in total. The number of hydrogen-bond acceptors (Lipinski definition) is 5. The summed E-state index contributed by atoms with van der Waals surface area (Å²) in [7, 11) is 0. The van der Waals surface area contributed by atoms with Crippen molar-refractivity contribution in [2.75, 3.05) is 18.0 Å². The zero-order valence-electron chi connectivity index (χ0n) is 21.3. The van der Waals surface area contributed by atoms with Gasteiger partial charge in [0.25, 0.3) is 5.56 Å². The second kappa shape index (κ2) is 10.6. The van der Waals surface area contributed by atoms with Crippen LogP contribution in [0.25, 0.3) is 11.0 Å². The Morgan fingerprint density at radius 3 is 2.41 bits per heavy atom. The monoisotopic (exact) mass is 506 g/mol. The third kappa shape index (κ3) is 4.71. The molecule has 6 rings (SSSR count). The van der Waals surface area contributed by atoms with E-state index in [4.69, 9.17) is 4.98 Å². The lowest BCUT2D eigenvalue weighted by Gasteiger charge is -2.53. The predicted octanol–water partition coefficient (Wildman–Crippen LogP) is 5.25. The van der Waals surface area contributed by atoms with Gasteiger partial charge in [-0.3, -0.25) is 14.5 Å². The van der Waals surface area contributed by atoms with Crippen LogP contribution in [0.2, 0.25) is 0 Å². The summed E-state index contributed by atoms with van der Waals surface area (Å²) in [5, 5.41) is 9.33. The maximum absolute atomic E-state index is 13.9. The summed E-state index contributed by atoms with van der Waals surface area (Å²) < 4.78 is 2.02. The highest BCUT2D eigenvalue weighted by molar-refractivity contribution is 5.78. The summed E-state index contributed by atoms with van der Waals surface area (Å²) in [5.41, 5.74) is 1.66. The van der Waals surface area contributed by atoms with Gasteiger partial charge in [-0.15, -0.1) is 0 Å². The van der Waals surface area contributed by atoms with Gasteiger partial charge in [0.1, 0.15) is 0 Å². The maximum Gasteiger partial charge on any atom is 0.310 e. The highest BCUT2D eigenvalue weighted by Gasteiger charge is 2.43. The molecule has 1 N–H and O–H groups in total. The molecule has 1 aromatic heterocycles. The lowest BCUT2D eigenvalue weighted by atomic mass is 9.79. The average Bonchev–Trinajstić information content (AvgIpc) is 3.08. The van der Waals surface area contributed by atoms with Gasteiger partial charge >= 0.3 is 5.97 Å². The van der Waals surface area contributed by atoms with Crippen LogP contribution in [0.3, 0.4) is 0 Å². The molecule has 0 radical (unpaired) electrons. The lowest BCUT2D eigenvalue weighted by molar-refractivity contribution is -0.142. The first-order valence-corrected chi connectivity index (χ1v) is 13.9. The van der Waals surface area contributed by atoms with Crippen molar-refractivity contribution in [2.45, 2.75) is 96.3 Å². The second-order valence-electron chi connectivity index (χ2n) is 11.5. The second-order valence-corrected chi connectivity index (χ2v) is 11.5. The number of fused-ring (bicyclic) bond motifs is 3. The fourth-order valence-electron chi connectivity index (χ4n) is 7.41. The minimum absolute atomic E-state index is 0. The van der Waals surface area contributed by atoms with Crippen LogP contribution in [-0.4, -0.2) is 56.7 Å². The molecule has 3 fully saturated rings. The van der Waals surface area contributed by atoms with Gasteiger partial charge < -0.3 is 14.6 Å². The van der Waals surface area contributed by atoms with Crippen molar-refractivity contribution in [3.63, 3.8) is 0 Å². The maximum atomic E-state index is 13.9. The molecule has 37 heavy (non-hydrogen) atoms. The highest BCUT2D eigenvalue weighted by Crippen LogP contribution is 2.43. The topological polar surface area (TPSA) is 78.7 Å². The van der Waals surface area contributed by atoms with E-state index < -0.39 is 11.9 Å². The number of carboxylic acids is 1. The number of hydrogen-bond donors (Lipinski definition) is 1.